The first-order chi connectivity index (χ1) is 13.1. The van der Waals surface area contributed by atoms with Crippen LogP contribution in [0, 0.1) is 0 Å². The van der Waals surface area contributed by atoms with Crippen LogP contribution in [0.2, 0.25) is 0 Å². The van der Waals surface area contributed by atoms with Gasteiger partial charge < -0.3 is 9.64 Å². The van der Waals surface area contributed by atoms with E-state index in [1.807, 2.05) is 67.6 Å². The van der Waals surface area contributed by atoms with Crippen molar-refractivity contribution in [2.24, 2.45) is 0 Å². The predicted octanol–water partition coefficient (Wildman–Crippen LogP) is 4.28. The second-order valence-corrected chi connectivity index (χ2v) is 6.13. The third kappa shape index (κ3) is 6.94. The highest BCUT2D eigenvalue weighted by atomic mass is 16.5. The van der Waals surface area contributed by atoms with Gasteiger partial charge in [-0.2, -0.15) is 0 Å². The molecule has 0 saturated heterocycles. The molecule has 0 bridgehead atoms. The summed E-state index contributed by atoms with van der Waals surface area (Å²) in [6.07, 6.45) is 5.57. The minimum Gasteiger partial charge on any atom is -0.449 e. The maximum absolute atomic E-state index is 12.9. The topological polar surface area (TPSA) is 46.6 Å². The van der Waals surface area contributed by atoms with Gasteiger partial charge >= 0.3 is 5.97 Å². The van der Waals surface area contributed by atoms with Crippen LogP contribution in [-0.2, 0) is 27.4 Å². The number of ether oxygens (including phenoxy) is 1. The van der Waals surface area contributed by atoms with Gasteiger partial charge in [0.25, 0.3) is 5.91 Å². The fourth-order valence-corrected chi connectivity index (χ4v) is 2.59. The van der Waals surface area contributed by atoms with E-state index in [4.69, 9.17) is 4.74 Å². The zero-order valence-corrected chi connectivity index (χ0v) is 15.7. The number of esters is 1. The molecule has 4 nitrogen and oxygen atoms in total. The highest BCUT2D eigenvalue weighted by Gasteiger charge is 2.23. The zero-order chi connectivity index (χ0) is 19.5. The van der Waals surface area contributed by atoms with Crippen LogP contribution in [-0.4, -0.2) is 22.9 Å². The number of hydrogen-bond acceptors (Lipinski definition) is 3. The molecule has 27 heavy (non-hydrogen) atoms. The second kappa shape index (κ2) is 10.8. The van der Waals surface area contributed by atoms with Crippen LogP contribution >= 0.6 is 0 Å². The highest BCUT2D eigenvalue weighted by molar-refractivity contribution is 5.87. The molecule has 2 aromatic carbocycles. The Bertz CT molecular complexity index is 740. The molecule has 0 unspecified atom stereocenters. The minimum absolute atomic E-state index is 0.226. The third-order valence-corrected chi connectivity index (χ3v) is 3.92. The fraction of sp³-hybridized carbons (Fsp3) is 0.217. The maximum atomic E-state index is 12.9. The minimum atomic E-state index is -0.861. The molecular weight excluding hydrogens is 338 g/mol. The molecule has 2 rings (SSSR count). The van der Waals surface area contributed by atoms with Gasteiger partial charge in [-0.15, -0.1) is 0 Å². The summed E-state index contributed by atoms with van der Waals surface area (Å²) in [5.41, 5.74) is 2.04. The lowest BCUT2D eigenvalue weighted by molar-refractivity contribution is -0.156. The summed E-state index contributed by atoms with van der Waals surface area (Å²) in [6, 6.07) is 19.5. The van der Waals surface area contributed by atoms with Gasteiger partial charge in [0, 0.05) is 19.2 Å². The predicted molar refractivity (Wildman–Crippen MR) is 107 cm³/mol. The fourth-order valence-electron chi connectivity index (χ4n) is 2.59. The van der Waals surface area contributed by atoms with Gasteiger partial charge in [0.2, 0.25) is 0 Å². The lowest BCUT2D eigenvalue weighted by Crippen LogP contribution is -2.39. The molecule has 0 aliphatic rings. The van der Waals surface area contributed by atoms with Gasteiger partial charge in [0.05, 0.1) is 0 Å². The van der Waals surface area contributed by atoms with E-state index >= 15 is 0 Å². The monoisotopic (exact) mass is 363 g/mol. The zero-order valence-electron chi connectivity index (χ0n) is 15.7. The van der Waals surface area contributed by atoms with Crippen molar-refractivity contribution in [3.8, 4) is 0 Å². The van der Waals surface area contributed by atoms with Crippen molar-refractivity contribution in [3.05, 3.63) is 96.1 Å². The maximum Gasteiger partial charge on any atom is 0.331 e. The van der Waals surface area contributed by atoms with Gasteiger partial charge in [-0.25, -0.2) is 4.79 Å². The molecule has 0 fully saturated rings. The van der Waals surface area contributed by atoms with Crippen molar-refractivity contribution in [1.29, 1.82) is 0 Å². The number of amides is 1. The molecule has 140 valence electrons. The molecular formula is C23H25NO3. The smallest absolute Gasteiger partial charge is 0.331 e. The van der Waals surface area contributed by atoms with Crippen molar-refractivity contribution in [2.75, 3.05) is 0 Å². The molecule has 0 heterocycles. The molecule has 1 atom stereocenters. The number of allylic oxidation sites excluding steroid dienone is 3. The van der Waals surface area contributed by atoms with Crippen LogP contribution in [0.15, 0.2) is 85.0 Å². The molecule has 0 spiro atoms. The number of hydrogen-bond donors (Lipinski definition) is 0. The number of rotatable bonds is 8. The standard InChI is InChI=1S/C23H25NO3/c1-3-4-7-16-22(25)27-19(2)23(26)24(17-20-12-8-5-9-13-20)18-21-14-10-6-11-15-21/h3-16,19H,17-18H2,1-2H3/b4-3+,16-7+/t19-/m1/s1. The summed E-state index contributed by atoms with van der Waals surface area (Å²) in [5, 5.41) is 0. The Labute approximate surface area is 160 Å². The first-order valence-electron chi connectivity index (χ1n) is 8.96. The molecule has 0 N–H and O–H groups in total. The van der Waals surface area contributed by atoms with Crippen molar-refractivity contribution in [3.63, 3.8) is 0 Å². The lowest BCUT2D eigenvalue weighted by atomic mass is 10.1. The van der Waals surface area contributed by atoms with E-state index in [-0.39, 0.29) is 5.91 Å². The van der Waals surface area contributed by atoms with Crippen LogP contribution in [0.25, 0.3) is 0 Å². The van der Waals surface area contributed by atoms with Gasteiger partial charge in [-0.3, -0.25) is 4.79 Å². The number of benzene rings is 2. The second-order valence-electron chi connectivity index (χ2n) is 6.13. The summed E-state index contributed by atoms with van der Waals surface area (Å²) < 4.78 is 5.26. The molecule has 0 aliphatic heterocycles. The summed E-state index contributed by atoms with van der Waals surface area (Å²) in [4.78, 5) is 26.5. The molecule has 2 aromatic rings. The first-order valence-corrected chi connectivity index (χ1v) is 8.96. The molecule has 0 aliphatic carbocycles. The van der Waals surface area contributed by atoms with Crippen LogP contribution < -0.4 is 0 Å². The van der Waals surface area contributed by atoms with Gasteiger partial charge in [-0.1, -0.05) is 78.9 Å². The van der Waals surface area contributed by atoms with E-state index in [1.54, 1.807) is 30.1 Å². The van der Waals surface area contributed by atoms with Crippen LogP contribution in [0.4, 0.5) is 0 Å². The van der Waals surface area contributed by atoms with E-state index in [1.165, 1.54) is 6.08 Å². The average Bonchev–Trinajstić information content (AvgIpc) is 2.68. The van der Waals surface area contributed by atoms with Gasteiger partial charge in [0.15, 0.2) is 6.10 Å². The van der Waals surface area contributed by atoms with E-state index in [0.29, 0.717) is 13.1 Å². The molecule has 1 amide bonds. The van der Waals surface area contributed by atoms with Crippen molar-refractivity contribution in [1.82, 2.24) is 4.90 Å². The SMILES string of the molecule is C/C=C/C=C/C(=O)O[C@H](C)C(=O)N(Cc1ccccc1)Cc1ccccc1. The Hall–Kier alpha value is -3.14. The van der Waals surface area contributed by atoms with Crippen molar-refractivity contribution >= 4 is 11.9 Å². The Morgan fingerprint density at radius 2 is 1.44 bits per heavy atom. The van der Waals surface area contributed by atoms with Crippen LogP contribution in [0.5, 0.6) is 0 Å². The Balaban J connectivity index is 2.10. The molecule has 4 heteroatoms. The van der Waals surface area contributed by atoms with Gasteiger partial charge in [-0.05, 0) is 25.0 Å². The number of nitrogens with zero attached hydrogens (tertiary/aromatic N) is 1. The molecule has 0 radical (unpaired) electrons. The summed E-state index contributed by atoms with van der Waals surface area (Å²) in [7, 11) is 0. The largest absolute Gasteiger partial charge is 0.449 e. The Kier molecular flexibility index (Phi) is 8.04. The average molecular weight is 363 g/mol. The van der Waals surface area contributed by atoms with E-state index in [2.05, 4.69) is 0 Å². The lowest BCUT2D eigenvalue weighted by Gasteiger charge is -2.26. The molecule has 0 saturated carbocycles. The third-order valence-electron chi connectivity index (χ3n) is 3.92. The summed E-state index contributed by atoms with van der Waals surface area (Å²) >= 11 is 0. The number of carbonyl (C=O) groups excluding carboxylic acids is 2. The number of carbonyl (C=O) groups is 2. The van der Waals surface area contributed by atoms with E-state index < -0.39 is 12.1 Å². The van der Waals surface area contributed by atoms with Crippen LogP contribution in [0.1, 0.15) is 25.0 Å². The normalized spacial score (nSPS) is 12.2. The van der Waals surface area contributed by atoms with E-state index in [0.717, 1.165) is 11.1 Å². The first kappa shape index (κ1) is 20.2. The van der Waals surface area contributed by atoms with Crippen LogP contribution in [0.3, 0.4) is 0 Å². The van der Waals surface area contributed by atoms with Crippen molar-refractivity contribution < 1.29 is 14.3 Å². The van der Waals surface area contributed by atoms with Crippen molar-refractivity contribution in [2.45, 2.75) is 33.0 Å². The summed E-state index contributed by atoms with van der Waals surface area (Å²) in [6.45, 7) is 4.36. The van der Waals surface area contributed by atoms with Gasteiger partial charge in [0.1, 0.15) is 0 Å². The Morgan fingerprint density at radius 3 is 1.93 bits per heavy atom. The quantitative estimate of drug-likeness (QED) is 0.399. The van der Waals surface area contributed by atoms with E-state index in [9.17, 15) is 9.59 Å². The molecule has 0 aromatic heterocycles. The summed E-state index contributed by atoms with van der Waals surface area (Å²) in [5.74, 6) is -0.760. The Morgan fingerprint density at radius 1 is 0.926 bits per heavy atom. The highest BCUT2D eigenvalue weighted by Crippen LogP contribution is 2.13.